The minimum absolute atomic E-state index is 0.0150. The summed E-state index contributed by atoms with van der Waals surface area (Å²) in [4.78, 5) is 27.7. The van der Waals surface area contributed by atoms with E-state index in [4.69, 9.17) is 10.1 Å². The maximum atomic E-state index is 13.6. The van der Waals surface area contributed by atoms with Gasteiger partial charge in [0.15, 0.2) is 0 Å². The summed E-state index contributed by atoms with van der Waals surface area (Å²) in [5, 5.41) is 15.8. The van der Waals surface area contributed by atoms with Crippen molar-refractivity contribution in [1.82, 2.24) is 10.3 Å². The van der Waals surface area contributed by atoms with E-state index < -0.39 is 5.97 Å². The van der Waals surface area contributed by atoms with Gasteiger partial charge in [0.2, 0.25) is 0 Å². The summed E-state index contributed by atoms with van der Waals surface area (Å²) in [5.74, 6) is -0.340. The molecule has 0 aliphatic heterocycles. The summed E-state index contributed by atoms with van der Waals surface area (Å²) < 4.78 is 13.6. The maximum absolute atomic E-state index is 13.6. The van der Waals surface area contributed by atoms with Crippen molar-refractivity contribution in [2.24, 2.45) is 11.3 Å². The Morgan fingerprint density at radius 3 is 2.50 bits per heavy atom. The molecule has 1 atom stereocenters. The van der Waals surface area contributed by atoms with Crippen LogP contribution in [0.2, 0.25) is 0 Å². The van der Waals surface area contributed by atoms with Crippen LogP contribution in [0, 0.1) is 24.1 Å². The SMILES string of the molecule is Cc1cc2cc(F)ccc2nc1N[C@@H](c1ccc(C(=O)NCCC(=O)O)cc1)C1CC(C)(C)C1. The third kappa shape index (κ3) is 5.35. The Labute approximate surface area is 198 Å². The van der Waals surface area contributed by atoms with Gasteiger partial charge in [0.05, 0.1) is 18.0 Å². The molecule has 4 rings (SSSR count). The zero-order chi connectivity index (χ0) is 24.5. The smallest absolute Gasteiger partial charge is 0.305 e. The van der Waals surface area contributed by atoms with Crippen molar-refractivity contribution in [1.29, 1.82) is 0 Å². The van der Waals surface area contributed by atoms with E-state index in [1.54, 1.807) is 18.2 Å². The lowest BCUT2D eigenvalue weighted by Gasteiger charge is -2.47. The van der Waals surface area contributed by atoms with E-state index in [2.05, 4.69) is 24.5 Å². The third-order valence-electron chi connectivity index (χ3n) is 6.52. The number of amides is 1. The number of anilines is 1. The Balaban J connectivity index is 1.57. The predicted molar refractivity (Wildman–Crippen MR) is 130 cm³/mol. The number of aliphatic carboxylic acids is 1. The number of nitrogens with zero attached hydrogens (tertiary/aromatic N) is 1. The largest absolute Gasteiger partial charge is 0.481 e. The first-order valence-corrected chi connectivity index (χ1v) is 11.5. The number of halogens is 1. The Hall–Kier alpha value is -3.48. The van der Waals surface area contributed by atoms with Gasteiger partial charge in [-0.1, -0.05) is 26.0 Å². The van der Waals surface area contributed by atoms with Crippen LogP contribution in [0.3, 0.4) is 0 Å². The highest BCUT2D eigenvalue weighted by atomic mass is 19.1. The van der Waals surface area contributed by atoms with Crippen LogP contribution >= 0.6 is 0 Å². The van der Waals surface area contributed by atoms with Crippen LogP contribution in [0.5, 0.6) is 0 Å². The van der Waals surface area contributed by atoms with Crippen LogP contribution < -0.4 is 10.6 Å². The van der Waals surface area contributed by atoms with E-state index in [1.807, 2.05) is 25.1 Å². The van der Waals surface area contributed by atoms with Crippen molar-refractivity contribution in [3.63, 3.8) is 0 Å². The summed E-state index contributed by atoms with van der Waals surface area (Å²) in [6.45, 7) is 6.58. The molecule has 3 N–H and O–H groups in total. The number of rotatable bonds is 8. The van der Waals surface area contributed by atoms with E-state index >= 15 is 0 Å². The summed E-state index contributed by atoms with van der Waals surface area (Å²) in [6.07, 6.45) is 2.03. The molecule has 34 heavy (non-hydrogen) atoms. The Morgan fingerprint density at radius 1 is 1.15 bits per heavy atom. The molecular formula is C27H30FN3O3. The number of hydrogen-bond acceptors (Lipinski definition) is 4. The molecular weight excluding hydrogens is 433 g/mol. The molecule has 0 unspecified atom stereocenters. The number of carboxylic acid groups (broad SMARTS) is 1. The number of aromatic nitrogens is 1. The number of hydrogen-bond donors (Lipinski definition) is 3. The average Bonchev–Trinajstić information content (AvgIpc) is 2.76. The lowest BCUT2D eigenvalue weighted by atomic mass is 9.61. The van der Waals surface area contributed by atoms with Gasteiger partial charge in [-0.05, 0) is 78.6 Å². The number of aryl methyl sites for hydroxylation is 1. The van der Waals surface area contributed by atoms with Gasteiger partial charge in [0.1, 0.15) is 11.6 Å². The van der Waals surface area contributed by atoms with Gasteiger partial charge in [-0.15, -0.1) is 0 Å². The molecule has 6 nitrogen and oxygen atoms in total. The first-order chi connectivity index (χ1) is 16.1. The van der Waals surface area contributed by atoms with Gasteiger partial charge >= 0.3 is 5.97 Å². The predicted octanol–water partition coefficient (Wildman–Crippen LogP) is 5.48. The maximum Gasteiger partial charge on any atom is 0.305 e. The Bertz CT molecular complexity index is 1220. The second kappa shape index (κ2) is 9.41. The van der Waals surface area contributed by atoms with E-state index in [0.717, 1.165) is 40.7 Å². The van der Waals surface area contributed by atoms with Crippen LogP contribution in [-0.2, 0) is 4.79 Å². The number of carboxylic acids is 1. The number of nitrogens with one attached hydrogen (secondary N) is 2. The van der Waals surface area contributed by atoms with Crippen molar-refractivity contribution < 1.29 is 19.1 Å². The molecule has 3 aromatic rings. The third-order valence-corrected chi connectivity index (χ3v) is 6.52. The summed E-state index contributed by atoms with van der Waals surface area (Å²) >= 11 is 0. The molecule has 0 spiro atoms. The van der Waals surface area contributed by atoms with Crippen LogP contribution in [0.25, 0.3) is 10.9 Å². The fourth-order valence-corrected chi connectivity index (χ4v) is 4.84. The van der Waals surface area contributed by atoms with Gasteiger partial charge in [0.25, 0.3) is 5.91 Å². The monoisotopic (exact) mass is 463 g/mol. The van der Waals surface area contributed by atoms with Crippen molar-refractivity contribution in [3.05, 3.63) is 71.0 Å². The molecule has 7 heteroatoms. The molecule has 0 saturated heterocycles. The lowest BCUT2D eigenvalue weighted by molar-refractivity contribution is -0.136. The molecule has 2 aromatic carbocycles. The highest BCUT2D eigenvalue weighted by Crippen LogP contribution is 2.51. The highest BCUT2D eigenvalue weighted by Gasteiger charge is 2.41. The second-order valence-corrected chi connectivity index (χ2v) is 9.97. The quantitative estimate of drug-likeness (QED) is 0.412. The van der Waals surface area contributed by atoms with Gasteiger partial charge in [-0.2, -0.15) is 0 Å². The molecule has 0 bridgehead atoms. The highest BCUT2D eigenvalue weighted by molar-refractivity contribution is 5.94. The number of carbonyl (C=O) groups excluding carboxylic acids is 1. The van der Waals surface area contributed by atoms with Gasteiger partial charge in [-0.25, -0.2) is 9.37 Å². The topological polar surface area (TPSA) is 91.3 Å². The standard InChI is InChI=1S/C27H30FN3O3/c1-16-12-19-13-21(28)8-9-22(19)30-25(16)31-24(20-14-27(2,3)15-20)17-4-6-18(7-5-17)26(34)29-11-10-23(32)33/h4-9,12-13,20,24H,10-11,14-15H2,1-3H3,(H,29,34)(H,30,31)(H,32,33)/t24-/m0/s1. The van der Waals surface area contributed by atoms with Crippen LogP contribution in [-0.4, -0.2) is 28.5 Å². The number of fused-ring (bicyclic) bond motifs is 1. The normalized spacial score (nSPS) is 16.0. The zero-order valence-electron chi connectivity index (χ0n) is 19.7. The van der Waals surface area contributed by atoms with Crippen molar-refractivity contribution >= 4 is 28.6 Å². The molecule has 0 radical (unpaired) electrons. The first kappa shape index (κ1) is 23.7. The molecule has 1 fully saturated rings. The summed E-state index contributed by atoms with van der Waals surface area (Å²) in [7, 11) is 0. The van der Waals surface area contributed by atoms with Crippen LogP contribution in [0.4, 0.5) is 10.2 Å². The molecule has 1 amide bonds. The van der Waals surface area contributed by atoms with E-state index in [9.17, 15) is 14.0 Å². The van der Waals surface area contributed by atoms with Crippen molar-refractivity contribution in [2.45, 2.75) is 46.1 Å². The number of pyridine rings is 1. The summed E-state index contributed by atoms with van der Waals surface area (Å²) in [5.41, 5.74) is 3.51. The van der Waals surface area contributed by atoms with Crippen molar-refractivity contribution in [3.8, 4) is 0 Å². The van der Waals surface area contributed by atoms with E-state index in [0.29, 0.717) is 11.5 Å². The summed E-state index contributed by atoms with van der Waals surface area (Å²) in [6, 6.07) is 14.0. The first-order valence-electron chi connectivity index (χ1n) is 11.5. The molecule has 1 heterocycles. The lowest BCUT2D eigenvalue weighted by Crippen LogP contribution is -2.38. The number of benzene rings is 2. The minimum atomic E-state index is -0.948. The molecule has 178 valence electrons. The van der Waals surface area contributed by atoms with Crippen LogP contribution in [0.1, 0.15) is 60.6 Å². The van der Waals surface area contributed by atoms with E-state index in [1.165, 1.54) is 12.1 Å². The van der Waals surface area contributed by atoms with Gasteiger partial charge in [-0.3, -0.25) is 9.59 Å². The van der Waals surface area contributed by atoms with Gasteiger partial charge < -0.3 is 15.7 Å². The Kier molecular flexibility index (Phi) is 6.55. The molecule has 1 aliphatic carbocycles. The molecule has 1 saturated carbocycles. The van der Waals surface area contributed by atoms with E-state index in [-0.39, 0.29) is 36.1 Å². The van der Waals surface area contributed by atoms with Crippen LogP contribution in [0.15, 0.2) is 48.5 Å². The van der Waals surface area contributed by atoms with Crippen molar-refractivity contribution in [2.75, 3.05) is 11.9 Å². The minimum Gasteiger partial charge on any atom is -0.481 e. The molecule has 1 aromatic heterocycles. The fourth-order valence-electron chi connectivity index (χ4n) is 4.84. The van der Waals surface area contributed by atoms with Gasteiger partial charge in [0, 0.05) is 17.5 Å². The zero-order valence-corrected chi connectivity index (χ0v) is 19.7. The number of carbonyl (C=O) groups is 2. The average molecular weight is 464 g/mol. The Morgan fingerprint density at radius 2 is 1.85 bits per heavy atom. The molecule has 1 aliphatic rings. The second-order valence-electron chi connectivity index (χ2n) is 9.97. The fraction of sp³-hybridized carbons (Fsp3) is 0.370.